The highest BCUT2D eigenvalue weighted by Gasteiger charge is 2.30. The third-order valence-electron chi connectivity index (χ3n) is 1.92. The van der Waals surface area contributed by atoms with Crippen molar-refractivity contribution in [2.75, 3.05) is 0 Å². The van der Waals surface area contributed by atoms with Crippen LogP contribution in [0.4, 0.5) is 0 Å². The summed E-state index contributed by atoms with van der Waals surface area (Å²) in [5, 5.41) is 0. The molecule has 1 rings (SSSR count). The topological polar surface area (TPSA) is 51.2 Å². The minimum absolute atomic E-state index is 0.400. The molecule has 0 heterocycles. The van der Waals surface area contributed by atoms with Gasteiger partial charge in [0.05, 0.1) is 0 Å². The largest absolute Gasteiger partial charge is 0.303 e. The summed E-state index contributed by atoms with van der Waals surface area (Å²) in [4.78, 5) is 31.0. The van der Waals surface area contributed by atoms with Crippen LogP contribution in [0, 0.1) is 17.8 Å². The zero-order valence-corrected chi connectivity index (χ0v) is 5.84. The lowest BCUT2D eigenvalue weighted by molar-refractivity contribution is -0.121. The Morgan fingerprint density at radius 3 is 1.55 bits per heavy atom. The molecule has 0 saturated heterocycles. The van der Waals surface area contributed by atoms with Crippen molar-refractivity contribution in [2.24, 2.45) is 17.8 Å². The molecule has 0 fully saturated rings. The molecule has 3 heteroatoms. The predicted octanol–water partition coefficient (Wildman–Crippen LogP) is 0.00150. The van der Waals surface area contributed by atoms with Gasteiger partial charge in [0.25, 0.3) is 0 Å². The standard InChI is InChI=1S/C8H8O3/c9-3-6-1-2-7(4-10)8(6)5-11/h1-8H. The van der Waals surface area contributed by atoms with E-state index in [2.05, 4.69) is 0 Å². The van der Waals surface area contributed by atoms with Gasteiger partial charge in [-0.25, -0.2) is 0 Å². The van der Waals surface area contributed by atoms with Crippen LogP contribution in [0.3, 0.4) is 0 Å². The predicted molar refractivity (Wildman–Crippen MR) is 37.8 cm³/mol. The Labute approximate surface area is 64.1 Å². The summed E-state index contributed by atoms with van der Waals surface area (Å²) in [5.74, 6) is -1.27. The molecular formula is C8H8O3. The maximum atomic E-state index is 10.4. The fourth-order valence-corrected chi connectivity index (χ4v) is 1.22. The molecule has 1 aliphatic rings. The molecule has 0 aromatic rings. The SMILES string of the molecule is O=CC1C=CC(C=O)C1C=O. The summed E-state index contributed by atoms with van der Waals surface area (Å²) >= 11 is 0. The molecule has 58 valence electrons. The molecule has 0 radical (unpaired) electrons. The minimum atomic E-state index is -0.468. The Morgan fingerprint density at radius 2 is 1.27 bits per heavy atom. The second-order valence-electron chi connectivity index (χ2n) is 2.53. The molecule has 0 aromatic carbocycles. The molecule has 2 unspecified atom stereocenters. The van der Waals surface area contributed by atoms with E-state index in [-0.39, 0.29) is 0 Å². The number of hydrogen-bond acceptors (Lipinski definition) is 3. The van der Waals surface area contributed by atoms with Crippen molar-refractivity contribution < 1.29 is 14.4 Å². The summed E-state index contributed by atoms with van der Waals surface area (Å²) in [5.41, 5.74) is 0. The molecule has 3 nitrogen and oxygen atoms in total. The van der Waals surface area contributed by atoms with Crippen LogP contribution in [-0.2, 0) is 14.4 Å². The van der Waals surface area contributed by atoms with Gasteiger partial charge >= 0.3 is 0 Å². The van der Waals surface area contributed by atoms with Crippen LogP contribution in [-0.4, -0.2) is 18.9 Å². The Kier molecular flexibility index (Phi) is 2.31. The van der Waals surface area contributed by atoms with Gasteiger partial charge < -0.3 is 14.4 Å². The molecule has 1 aliphatic carbocycles. The monoisotopic (exact) mass is 152 g/mol. The molecule has 0 bridgehead atoms. The normalized spacial score (nSPS) is 35.1. The quantitative estimate of drug-likeness (QED) is 0.422. The van der Waals surface area contributed by atoms with E-state index in [1.54, 1.807) is 12.2 Å². The van der Waals surface area contributed by atoms with E-state index in [0.29, 0.717) is 18.9 Å². The zero-order chi connectivity index (χ0) is 8.27. The van der Waals surface area contributed by atoms with Crippen molar-refractivity contribution in [3.63, 3.8) is 0 Å². The molecule has 0 aliphatic heterocycles. The first-order chi connectivity index (χ1) is 5.33. The van der Waals surface area contributed by atoms with Crippen molar-refractivity contribution in [3.8, 4) is 0 Å². The van der Waals surface area contributed by atoms with Crippen LogP contribution < -0.4 is 0 Å². The van der Waals surface area contributed by atoms with E-state index in [0.717, 1.165) is 0 Å². The van der Waals surface area contributed by atoms with E-state index in [9.17, 15) is 14.4 Å². The van der Waals surface area contributed by atoms with E-state index in [1.165, 1.54) is 0 Å². The van der Waals surface area contributed by atoms with Gasteiger partial charge in [-0.1, -0.05) is 12.2 Å². The minimum Gasteiger partial charge on any atom is -0.303 e. The number of hydrogen-bond donors (Lipinski definition) is 0. The van der Waals surface area contributed by atoms with Crippen molar-refractivity contribution in [3.05, 3.63) is 12.2 Å². The number of aldehydes is 3. The average molecular weight is 152 g/mol. The Balaban J connectivity index is 2.76. The van der Waals surface area contributed by atoms with Crippen molar-refractivity contribution in [1.29, 1.82) is 0 Å². The molecule has 0 aromatic heterocycles. The molecule has 0 spiro atoms. The average Bonchev–Trinajstić information content (AvgIpc) is 2.45. The number of allylic oxidation sites excluding steroid dienone is 2. The van der Waals surface area contributed by atoms with Crippen LogP contribution in [0.5, 0.6) is 0 Å². The lowest BCUT2D eigenvalue weighted by Crippen LogP contribution is -2.19. The summed E-state index contributed by atoms with van der Waals surface area (Å²) in [6.07, 6.45) is 5.26. The first-order valence-corrected chi connectivity index (χ1v) is 3.37. The van der Waals surface area contributed by atoms with Gasteiger partial charge in [0, 0.05) is 17.8 Å². The maximum Gasteiger partial charge on any atom is 0.127 e. The van der Waals surface area contributed by atoms with Gasteiger partial charge in [-0.3, -0.25) is 0 Å². The van der Waals surface area contributed by atoms with Gasteiger partial charge in [0.2, 0.25) is 0 Å². The Morgan fingerprint density at radius 1 is 0.818 bits per heavy atom. The van der Waals surface area contributed by atoms with E-state index in [4.69, 9.17) is 0 Å². The maximum absolute atomic E-state index is 10.4. The summed E-state index contributed by atoms with van der Waals surface area (Å²) in [6, 6.07) is 0. The van der Waals surface area contributed by atoms with Gasteiger partial charge in [-0.05, 0) is 0 Å². The van der Waals surface area contributed by atoms with Gasteiger partial charge in [0.1, 0.15) is 18.9 Å². The highest BCUT2D eigenvalue weighted by molar-refractivity contribution is 5.75. The first kappa shape index (κ1) is 7.85. The van der Waals surface area contributed by atoms with Crippen LogP contribution in [0.25, 0.3) is 0 Å². The fourth-order valence-electron chi connectivity index (χ4n) is 1.22. The van der Waals surface area contributed by atoms with Crippen LogP contribution in [0.2, 0.25) is 0 Å². The highest BCUT2D eigenvalue weighted by Crippen LogP contribution is 2.26. The lowest BCUT2D eigenvalue weighted by Gasteiger charge is -2.08. The molecular weight excluding hydrogens is 144 g/mol. The number of carbonyl (C=O) groups is 3. The summed E-state index contributed by atoms with van der Waals surface area (Å²) in [6.45, 7) is 0. The smallest absolute Gasteiger partial charge is 0.127 e. The van der Waals surface area contributed by atoms with Gasteiger partial charge in [-0.2, -0.15) is 0 Å². The number of rotatable bonds is 3. The zero-order valence-electron chi connectivity index (χ0n) is 5.84. The third kappa shape index (κ3) is 1.27. The van der Waals surface area contributed by atoms with Crippen molar-refractivity contribution >= 4 is 18.9 Å². The second kappa shape index (κ2) is 3.23. The Bertz CT molecular complexity index is 189. The summed E-state index contributed by atoms with van der Waals surface area (Å²) < 4.78 is 0. The number of carbonyl (C=O) groups excluding carboxylic acids is 3. The molecule has 11 heavy (non-hydrogen) atoms. The molecule has 0 N–H and O–H groups in total. The summed E-state index contributed by atoms with van der Waals surface area (Å²) in [7, 11) is 0. The van der Waals surface area contributed by atoms with Gasteiger partial charge in [0.15, 0.2) is 0 Å². The second-order valence-corrected chi connectivity index (χ2v) is 2.53. The third-order valence-corrected chi connectivity index (χ3v) is 1.92. The highest BCUT2D eigenvalue weighted by atomic mass is 16.1. The van der Waals surface area contributed by atoms with Crippen molar-refractivity contribution in [1.82, 2.24) is 0 Å². The fraction of sp³-hybridized carbons (Fsp3) is 0.375. The van der Waals surface area contributed by atoms with Crippen molar-refractivity contribution in [2.45, 2.75) is 0 Å². The van der Waals surface area contributed by atoms with Crippen LogP contribution in [0.1, 0.15) is 0 Å². The Hall–Kier alpha value is -1.25. The van der Waals surface area contributed by atoms with E-state index >= 15 is 0 Å². The molecule has 2 atom stereocenters. The molecule has 0 amide bonds. The van der Waals surface area contributed by atoms with Crippen LogP contribution >= 0.6 is 0 Å². The van der Waals surface area contributed by atoms with E-state index < -0.39 is 17.8 Å². The lowest BCUT2D eigenvalue weighted by atomic mass is 9.91. The van der Waals surface area contributed by atoms with Crippen LogP contribution in [0.15, 0.2) is 12.2 Å². The van der Waals surface area contributed by atoms with Gasteiger partial charge in [-0.15, -0.1) is 0 Å². The first-order valence-electron chi connectivity index (χ1n) is 3.37. The van der Waals surface area contributed by atoms with E-state index in [1.807, 2.05) is 0 Å². The molecule has 0 saturated carbocycles.